The van der Waals surface area contributed by atoms with Gasteiger partial charge in [-0.3, -0.25) is 9.59 Å². The number of hydrogen-bond acceptors (Lipinski definition) is 5. The van der Waals surface area contributed by atoms with Crippen molar-refractivity contribution in [2.75, 3.05) is 41.3 Å². The van der Waals surface area contributed by atoms with Crippen LogP contribution in [0.15, 0.2) is 91.1 Å². The van der Waals surface area contributed by atoms with Crippen LogP contribution in [0.5, 0.6) is 0 Å². The van der Waals surface area contributed by atoms with Gasteiger partial charge in [0.15, 0.2) is 0 Å². The predicted octanol–water partition coefficient (Wildman–Crippen LogP) is 6.46. The summed E-state index contributed by atoms with van der Waals surface area (Å²) in [6, 6.07) is 27.4. The summed E-state index contributed by atoms with van der Waals surface area (Å²) in [5.41, 5.74) is 7.95. The van der Waals surface area contributed by atoms with Crippen LogP contribution in [-0.4, -0.2) is 47.3 Å². The number of nitrogens with one attached hydrogen (secondary N) is 1. The SMILES string of the molecule is Cc1ccnc(N2CCCN(c3ccc(NC(=O)C(=O)c4c(-c5ccccc5)cc5cccc(C)n45)cc3)CC2)c1C. The van der Waals surface area contributed by atoms with Gasteiger partial charge in [-0.1, -0.05) is 36.4 Å². The number of hydrogen-bond donors (Lipinski definition) is 1. The summed E-state index contributed by atoms with van der Waals surface area (Å²) in [6.07, 6.45) is 2.91. The molecule has 6 rings (SSSR count). The van der Waals surface area contributed by atoms with Crippen LogP contribution < -0.4 is 15.1 Å². The number of carbonyl (C=O) groups is 2. The average molecular weight is 558 g/mol. The zero-order chi connectivity index (χ0) is 29.2. The largest absolute Gasteiger partial charge is 0.370 e. The van der Waals surface area contributed by atoms with Gasteiger partial charge in [0.25, 0.3) is 11.7 Å². The molecule has 1 saturated heterocycles. The van der Waals surface area contributed by atoms with Crippen molar-refractivity contribution >= 4 is 34.4 Å². The number of Topliss-reactive ketones (excluding diaryl/α,β-unsaturated/α-hetero) is 1. The van der Waals surface area contributed by atoms with E-state index in [1.807, 2.05) is 96.4 Å². The number of fused-ring (bicyclic) bond motifs is 1. The maximum atomic E-state index is 13.7. The van der Waals surface area contributed by atoms with Crippen LogP contribution in [0.3, 0.4) is 0 Å². The number of aryl methyl sites for hydroxylation is 2. The molecular formula is C35H35N5O2. The Morgan fingerprint density at radius 1 is 0.786 bits per heavy atom. The van der Waals surface area contributed by atoms with Gasteiger partial charge in [-0.05, 0) is 92.4 Å². The van der Waals surface area contributed by atoms with Crippen LogP contribution in [-0.2, 0) is 4.79 Å². The molecule has 0 radical (unpaired) electrons. The number of carbonyl (C=O) groups excluding carboxylic acids is 2. The van der Waals surface area contributed by atoms with Gasteiger partial charge in [-0.2, -0.15) is 0 Å². The minimum Gasteiger partial charge on any atom is -0.370 e. The van der Waals surface area contributed by atoms with E-state index in [1.54, 1.807) is 0 Å². The summed E-state index contributed by atoms with van der Waals surface area (Å²) in [5, 5.41) is 2.84. The first-order valence-electron chi connectivity index (χ1n) is 14.4. The second kappa shape index (κ2) is 11.5. The summed E-state index contributed by atoms with van der Waals surface area (Å²) in [7, 11) is 0. The van der Waals surface area contributed by atoms with Gasteiger partial charge in [0.05, 0.1) is 0 Å². The number of anilines is 3. The summed E-state index contributed by atoms with van der Waals surface area (Å²) < 4.78 is 1.86. The van der Waals surface area contributed by atoms with Crippen molar-refractivity contribution in [3.63, 3.8) is 0 Å². The molecule has 1 amide bonds. The van der Waals surface area contributed by atoms with E-state index < -0.39 is 11.7 Å². The highest BCUT2D eigenvalue weighted by molar-refractivity contribution is 6.47. The van der Waals surface area contributed by atoms with Crippen LogP contribution in [0.4, 0.5) is 17.2 Å². The van der Waals surface area contributed by atoms with E-state index in [4.69, 9.17) is 0 Å². The molecule has 7 nitrogen and oxygen atoms in total. The summed E-state index contributed by atoms with van der Waals surface area (Å²) in [4.78, 5) is 36.4. The van der Waals surface area contributed by atoms with Gasteiger partial charge in [0.2, 0.25) is 0 Å². The van der Waals surface area contributed by atoms with Crippen molar-refractivity contribution in [1.29, 1.82) is 0 Å². The van der Waals surface area contributed by atoms with Gasteiger partial charge in [0, 0.05) is 60.5 Å². The highest BCUT2D eigenvalue weighted by Crippen LogP contribution is 2.30. The second-order valence-electron chi connectivity index (χ2n) is 10.9. The van der Waals surface area contributed by atoms with E-state index in [-0.39, 0.29) is 0 Å². The van der Waals surface area contributed by atoms with Crippen LogP contribution in [0.25, 0.3) is 16.6 Å². The molecule has 212 valence electrons. The lowest BCUT2D eigenvalue weighted by Crippen LogP contribution is -2.31. The number of pyridine rings is 2. The van der Waals surface area contributed by atoms with E-state index in [9.17, 15) is 9.59 Å². The van der Waals surface area contributed by atoms with Gasteiger partial charge in [-0.25, -0.2) is 4.98 Å². The minimum absolute atomic E-state index is 0.371. The van der Waals surface area contributed by atoms with Crippen molar-refractivity contribution in [2.45, 2.75) is 27.2 Å². The van der Waals surface area contributed by atoms with Gasteiger partial charge in [0.1, 0.15) is 11.5 Å². The van der Waals surface area contributed by atoms with Crippen molar-refractivity contribution in [3.05, 3.63) is 114 Å². The fourth-order valence-electron chi connectivity index (χ4n) is 5.83. The third-order valence-electron chi connectivity index (χ3n) is 8.23. The molecule has 1 fully saturated rings. The Morgan fingerprint density at radius 2 is 1.52 bits per heavy atom. The maximum Gasteiger partial charge on any atom is 0.298 e. The first-order valence-corrected chi connectivity index (χ1v) is 14.4. The Labute approximate surface area is 246 Å². The van der Waals surface area contributed by atoms with E-state index in [0.717, 1.165) is 66.4 Å². The molecule has 0 bridgehead atoms. The van der Waals surface area contributed by atoms with Crippen molar-refractivity contribution in [1.82, 2.24) is 9.38 Å². The average Bonchev–Trinajstić information content (AvgIpc) is 3.24. The monoisotopic (exact) mass is 557 g/mol. The smallest absolute Gasteiger partial charge is 0.298 e. The maximum absolute atomic E-state index is 13.7. The lowest BCUT2D eigenvalue weighted by molar-refractivity contribution is -0.112. The normalized spacial score (nSPS) is 13.7. The molecule has 4 heterocycles. The number of nitrogens with zero attached hydrogens (tertiary/aromatic N) is 4. The second-order valence-corrected chi connectivity index (χ2v) is 10.9. The Balaban J connectivity index is 1.18. The van der Waals surface area contributed by atoms with Crippen LogP contribution in [0, 0.1) is 20.8 Å². The van der Waals surface area contributed by atoms with Crippen molar-refractivity contribution < 1.29 is 9.59 Å². The lowest BCUT2D eigenvalue weighted by atomic mass is 10.0. The summed E-state index contributed by atoms with van der Waals surface area (Å²) >= 11 is 0. The zero-order valence-electron chi connectivity index (χ0n) is 24.3. The highest BCUT2D eigenvalue weighted by Gasteiger charge is 2.26. The van der Waals surface area contributed by atoms with Gasteiger partial charge >= 0.3 is 0 Å². The van der Waals surface area contributed by atoms with E-state index >= 15 is 0 Å². The standard InChI is InChI=1S/C35H35N5O2/c1-24-17-18-36-34(26(24)3)39-20-8-19-38(21-22-39)29-15-13-28(14-16-29)37-35(42)33(41)32-31(27-10-5-4-6-11-27)23-30-12-7-9-25(2)40(30)32/h4-7,9-18,23H,8,19-22H2,1-3H3,(H,37,42). The summed E-state index contributed by atoms with van der Waals surface area (Å²) in [5.74, 6) is -0.157. The Hall–Kier alpha value is -4.91. The molecule has 1 N–H and O–H groups in total. The molecule has 0 unspecified atom stereocenters. The first-order chi connectivity index (χ1) is 20.4. The van der Waals surface area contributed by atoms with Crippen LogP contribution in [0.2, 0.25) is 0 Å². The van der Waals surface area contributed by atoms with E-state index in [0.29, 0.717) is 11.4 Å². The van der Waals surface area contributed by atoms with Gasteiger partial charge in [-0.15, -0.1) is 0 Å². The van der Waals surface area contributed by atoms with E-state index in [1.165, 1.54) is 11.1 Å². The van der Waals surface area contributed by atoms with Crippen molar-refractivity contribution in [3.8, 4) is 11.1 Å². The topological polar surface area (TPSA) is 70.0 Å². The molecule has 0 saturated carbocycles. The molecule has 1 aliphatic heterocycles. The quantitative estimate of drug-likeness (QED) is 0.192. The fraction of sp³-hybridized carbons (Fsp3) is 0.229. The van der Waals surface area contributed by atoms with Gasteiger partial charge < -0.3 is 19.5 Å². The molecule has 0 atom stereocenters. The molecule has 3 aromatic heterocycles. The number of ketones is 1. The Bertz CT molecular complexity index is 1760. The third kappa shape index (κ3) is 5.26. The lowest BCUT2D eigenvalue weighted by Gasteiger charge is -2.25. The predicted molar refractivity (Wildman–Crippen MR) is 170 cm³/mol. The number of amides is 1. The van der Waals surface area contributed by atoms with Crippen molar-refractivity contribution in [2.24, 2.45) is 0 Å². The molecule has 0 spiro atoms. The minimum atomic E-state index is -0.658. The molecule has 0 aliphatic carbocycles. The molecule has 7 heteroatoms. The zero-order valence-corrected chi connectivity index (χ0v) is 24.3. The molecule has 42 heavy (non-hydrogen) atoms. The Morgan fingerprint density at radius 3 is 2.31 bits per heavy atom. The molecule has 1 aliphatic rings. The van der Waals surface area contributed by atoms with E-state index in [2.05, 4.69) is 40.0 Å². The van der Waals surface area contributed by atoms with Crippen LogP contribution >= 0.6 is 0 Å². The number of rotatable bonds is 6. The Kier molecular flexibility index (Phi) is 7.48. The fourth-order valence-corrected chi connectivity index (χ4v) is 5.83. The summed E-state index contributed by atoms with van der Waals surface area (Å²) in [6.45, 7) is 9.87. The molecular weight excluding hydrogens is 522 g/mol. The third-order valence-corrected chi connectivity index (χ3v) is 8.23. The first kappa shape index (κ1) is 27.3. The number of aromatic nitrogens is 2. The van der Waals surface area contributed by atoms with Crippen LogP contribution in [0.1, 0.15) is 33.7 Å². The highest BCUT2D eigenvalue weighted by atomic mass is 16.2. The molecule has 5 aromatic rings. The molecule has 2 aromatic carbocycles. The number of benzene rings is 2.